The van der Waals surface area contributed by atoms with Crippen molar-refractivity contribution < 1.29 is 23.7 Å². The predicted molar refractivity (Wildman–Crippen MR) is 148 cm³/mol. The Labute approximate surface area is 234 Å². The molecule has 0 bridgehead atoms. The third-order valence-corrected chi connectivity index (χ3v) is 8.02. The van der Waals surface area contributed by atoms with Crippen LogP contribution in [-0.2, 0) is 9.53 Å². The average Bonchev–Trinajstić information content (AvgIpc) is 3.17. The number of thiazole rings is 1. The van der Waals surface area contributed by atoms with Crippen LogP contribution in [0.2, 0.25) is 0 Å². The maximum Gasteiger partial charge on any atom is 0.338 e. The van der Waals surface area contributed by atoms with Crippen molar-refractivity contribution in [3.63, 3.8) is 0 Å². The summed E-state index contributed by atoms with van der Waals surface area (Å²) in [6.45, 7) is 3.69. The molecule has 0 saturated carbocycles. The minimum atomic E-state index is -0.732. The Bertz CT molecular complexity index is 1590. The first-order chi connectivity index (χ1) is 17.7. The fourth-order valence-electron chi connectivity index (χ4n) is 4.10. The molecule has 11 heteroatoms. The van der Waals surface area contributed by atoms with Gasteiger partial charge in [0.05, 0.1) is 58.7 Å². The number of benzene rings is 2. The van der Waals surface area contributed by atoms with Crippen LogP contribution in [-0.4, -0.2) is 38.5 Å². The first-order valence-corrected chi connectivity index (χ1v) is 13.6. The van der Waals surface area contributed by atoms with Gasteiger partial charge in [0.2, 0.25) is 0 Å². The van der Waals surface area contributed by atoms with Gasteiger partial charge in [-0.05, 0) is 75.5 Å². The smallest absolute Gasteiger partial charge is 0.338 e. The van der Waals surface area contributed by atoms with Crippen LogP contribution in [0.4, 0.5) is 0 Å². The normalized spacial score (nSPS) is 15.2. The molecule has 37 heavy (non-hydrogen) atoms. The number of allylic oxidation sites excluding steroid dienone is 1. The molecule has 194 valence electrons. The summed E-state index contributed by atoms with van der Waals surface area (Å²) in [5, 5.41) is 0. The number of rotatable bonds is 7. The number of ether oxygens (including phenoxy) is 4. The summed E-state index contributed by atoms with van der Waals surface area (Å²) < 4.78 is 25.0. The van der Waals surface area contributed by atoms with Gasteiger partial charge in [-0.1, -0.05) is 17.4 Å². The van der Waals surface area contributed by atoms with Gasteiger partial charge in [0, 0.05) is 11.6 Å². The Morgan fingerprint density at radius 2 is 1.73 bits per heavy atom. The number of halogens is 2. The highest BCUT2D eigenvalue weighted by molar-refractivity contribution is 9.10. The van der Waals surface area contributed by atoms with Crippen LogP contribution < -0.4 is 29.1 Å². The molecular weight excluding hydrogens is 628 g/mol. The highest BCUT2D eigenvalue weighted by Crippen LogP contribution is 2.35. The summed E-state index contributed by atoms with van der Waals surface area (Å²) >= 11 is 8.25. The van der Waals surface area contributed by atoms with E-state index in [9.17, 15) is 9.59 Å². The van der Waals surface area contributed by atoms with E-state index in [1.54, 1.807) is 53.4 Å². The van der Waals surface area contributed by atoms with Crippen LogP contribution in [0.3, 0.4) is 0 Å². The van der Waals surface area contributed by atoms with Crippen molar-refractivity contribution in [2.24, 2.45) is 4.99 Å². The molecule has 8 nitrogen and oxygen atoms in total. The molecule has 0 saturated heterocycles. The molecule has 1 aliphatic rings. The first-order valence-electron chi connectivity index (χ1n) is 11.2. The van der Waals surface area contributed by atoms with Crippen molar-refractivity contribution in [3.05, 3.63) is 81.4 Å². The van der Waals surface area contributed by atoms with Gasteiger partial charge in [0.25, 0.3) is 5.56 Å². The van der Waals surface area contributed by atoms with Crippen LogP contribution in [0.15, 0.2) is 60.3 Å². The molecule has 0 aliphatic carbocycles. The van der Waals surface area contributed by atoms with Crippen molar-refractivity contribution in [1.29, 1.82) is 0 Å². The lowest BCUT2D eigenvalue weighted by molar-refractivity contribution is -0.139. The van der Waals surface area contributed by atoms with E-state index in [2.05, 4.69) is 36.9 Å². The second-order valence-electron chi connectivity index (χ2n) is 7.92. The van der Waals surface area contributed by atoms with Gasteiger partial charge in [-0.3, -0.25) is 9.36 Å². The topological polar surface area (TPSA) is 88.4 Å². The molecule has 0 N–H and O–H groups in total. The second kappa shape index (κ2) is 11.2. The van der Waals surface area contributed by atoms with Gasteiger partial charge < -0.3 is 18.9 Å². The van der Waals surface area contributed by atoms with Crippen LogP contribution in [0.25, 0.3) is 6.08 Å². The van der Waals surface area contributed by atoms with Gasteiger partial charge in [-0.25, -0.2) is 9.79 Å². The molecule has 0 amide bonds. The summed E-state index contributed by atoms with van der Waals surface area (Å²) in [4.78, 5) is 32.0. The van der Waals surface area contributed by atoms with E-state index in [4.69, 9.17) is 18.9 Å². The molecule has 1 atom stereocenters. The molecule has 2 heterocycles. The Kier molecular flexibility index (Phi) is 8.25. The predicted octanol–water partition coefficient (Wildman–Crippen LogP) is 4.35. The molecule has 1 aliphatic heterocycles. The third-order valence-electron chi connectivity index (χ3n) is 5.80. The fourth-order valence-corrected chi connectivity index (χ4v) is 6.22. The zero-order valence-electron chi connectivity index (χ0n) is 20.8. The number of aromatic nitrogens is 1. The molecular formula is C26H24Br2N2O6S. The number of carbonyl (C=O) groups excluding carboxylic acids is 1. The van der Waals surface area contributed by atoms with Gasteiger partial charge in [0.1, 0.15) is 17.2 Å². The van der Waals surface area contributed by atoms with Gasteiger partial charge in [-0.15, -0.1) is 0 Å². The first kappa shape index (κ1) is 27.2. The number of fused-ring (bicyclic) bond motifs is 1. The van der Waals surface area contributed by atoms with Crippen molar-refractivity contribution in [2.45, 2.75) is 19.9 Å². The Morgan fingerprint density at radius 1 is 1.05 bits per heavy atom. The van der Waals surface area contributed by atoms with E-state index in [1.165, 1.54) is 15.9 Å². The van der Waals surface area contributed by atoms with E-state index >= 15 is 0 Å². The van der Waals surface area contributed by atoms with E-state index < -0.39 is 12.0 Å². The number of nitrogens with zero attached hydrogens (tertiary/aromatic N) is 2. The molecule has 0 radical (unpaired) electrons. The highest BCUT2D eigenvalue weighted by atomic mass is 79.9. The Morgan fingerprint density at radius 3 is 2.35 bits per heavy atom. The van der Waals surface area contributed by atoms with E-state index in [0.717, 1.165) is 4.47 Å². The summed E-state index contributed by atoms with van der Waals surface area (Å²) in [6.07, 6.45) is 1.75. The van der Waals surface area contributed by atoms with Crippen molar-refractivity contribution in [3.8, 4) is 17.2 Å². The van der Waals surface area contributed by atoms with Gasteiger partial charge in [-0.2, -0.15) is 0 Å². The summed E-state index contributed by atoms with van der Waals surface area (Å²) in [5.41, 5.74) is 1.91. The van der Waals surface area contributed by atoms with Crippen LogP contribution >= 0.6 is 43.2 Å². The standard InChI is InChI=1S/C26H24Br2N2O6S/c1-6-36-25(32)22-13(2)29-26-30(23(22)14-7-8-18(33-3)16(27)9-14)24(31)21(37-26)11-15-10-17(28)20(35-5)12-19(15)34-4/h7-12,23H,6H2,1-5H3/b21-11-. The number of hydrogen-bond acceptors (Lipinski definition) is 8. The minimum absolute atomic E-state index is 0.200. The van der Waals surface area contributed by atoms with E-state index in [0.29, 0.717) is 53.5 Å². The molecule has 4 rings (SSSR count). The number of esters is 1. The summed E-state index contributed by atoms with van der Waals surface area (Å²) in [7, 11) is 4.69. The lowest BCUT2D eigenvalue weighted by Crippen LogP contribution is -2.40. The third kappa shape index (κ3) is 5.12. The molecule has 0 spiro atoms. The maximum atomic E-state index is 13.8. The highest BCUT2D eigenvalue weighted by Gasteiger charge is 2.33. The number of methoxy groups -OCH3 is 3. The lowest BCUT2D eigenvalue weighted by Gasteiger charge is -2.25. The minimum Gasteiger partial charge on any atom is -0.496 e. The zero-order chi connectivity index (χ0) is 26.9. The summed E-state index contributed by atoms with van der Waals surface area (Å²) in [6, 6.07) is 8.28. The Balaban J connectivity index is 1.97. The zero-order valence-corrected chi connectivity index (χ0v) is 24.7. The molecule has 1 aromatic heterocycles. The van der Waals surface area contributed by atoms with Gasteiger partial charge in [0.15, 0.2) is 4.80 Å². The summed E-state index contributed by atoms with van der Waals surface area (Å²) in [5.74, 6) is 1.27. The quantitative estimate of drug-likeness (QED) is 0.353. The van der Waals surface area contributed by atoms with Crippen LogP contribution in [0, 0.1) is 0 Å². The monoisotopic (exact) mass is 650 g/mol. The molecule has 2 aromatic carbocycles. The average molecular weight is 652 g/mol. The van der Waals surface area contributed by atoms with Crippen LogP contribution in [0.5, 0.6) is 17.2 Å². The fraction of sp³-hybridized carbons (Fsp3) is 0.269. The van der Waals surface area contributed by atoms with E-state index in [-0.39, 0.29) is 12.2 Å². The number of hydrogen-bond donors (Lipinski definition) is 0. The van der Waals surface area contributed by atoms with E-state index in [1.807, 2.05) is 18.2 Å². The molecule has 0 fully saturated rings. The molecule has 3 aromatic rings. The van der Waals surface area contributed by atoms with Crippen molar-refractivity contribution >= 4 is 55.2 Å². The lowest BCUT2D eigenvalue weighted by atomic mass is 9.96. The van der Waals surface area contributed by atoms with Crippen molar-refractivity contribution in [1.82, 2.24) is 4.57 Å². The number of carbonyl (C=O) groups is 1. The molecule has 1 unspecified atom stereocenters. The van der Waals surface area contributed by atoms with Crippen molar-refractivity contribution in [2.75, 3.05) is 27.9 Å². The SMILES string of the molecule is CCOC(=O)C1=C(C)N=c2s/c(=C\c3cc(Br)c(OC)cc3OC)c(=O)n2C1c1ccc(OC)c(Br)c1. The second-order valence-corrected chi connectivity index (χ2v) is 10.6. The van der Waals surface area contributed by atoms with Crippen LogP contribution in [0.1, 0.15) is 31.0 Å². The van der Waals surface area contributed by atoms with Gasteiger partial charge >= 0.3 is 5.97 Å². The largest absolute Gasteiger partial charge is 0.496 e. The Hall–Kier alpha value is -2.89. The maximum absolute atomic E-state index is 13.8.